The molecule has 0 aromatic rings. The van der Waals surface area contributed by atoms with Crippen LogP contribution in [-0.2, 0) is 47.7 Å². The van der Waals surface area contributed by atoms with E-state index in [1.807, 2.05) is 0 Å². The topological polar surface area (TPSA) is 155 Å². The Morgan fingerprint density at radius 2 is 0.850 bits per heavy atom. The molecule has 122 valence electrons. The van der Waals surface area contributed by atoms with E-state index in [1.54, 1.807) is 0 Å². The van der Waals surface area contributed by atoms with Crippen molar-refractivity contribution in [1.29, 1.82) is 0 Å². The molecule has 0 radical (unpaired) electrons. The van der Waals surface area contributed by atoms with Gasteiger partial charge in [0.1, 0.15) is 0 Å². The SMILES string of the molecule is CS(=O)(=O)OS(=O)(=O)CCCCS(=O)(=O)OS(C)(=O)=O. The summed E-state index contributed by atoms with van der Waals surface area (Å²) in [7, 11) is -17.0. The molecular formula is C6H14O10S4. The summed E-state index contributed by atoms with van der Waals surface area (Å²) in [6.45, 7) is 0. The summed E-state index contributed by atoms with van der Waals surface area (Å²) in [5, 5.41) is 0. The van der Waals surface area contributed by atoms with E-state index in [2.05, 4.69) is 7.26 Å². The maximum absolute atomic E-state index is 11.1. The fraction of sp³-hybridized carbons (Fsp3) is 1.00. The molecule has 0 saturated carbocycles. The second-order valence-electron chi connectivity index (χ2n) is 3.78. The number of rotatable bonds is 9. The van der Waals surface area contributed by atoms with Gasteiger partial charge in [-0.1, -0.05) is 0 Å². The van der Waals surface area contributed by atoms with Gasteiger partial charge in [-0.2, -0.15) is 33.7 Å². The molecule has 0 bridgehead atoms. The van der Waals surface area contributed by atoms with Crippen LogP contribution in [0, 0.1) is 0 Å². The van der Waals surface area contributed by atoms with Crippen LogP contribution in [0.1, 0.15) is 12.8 Å². The summed E-state index contributed by atoms with van der Waals surface area (Å²) < 4.78 is 94.5. The highest BCUT2D eigenvalue weighted by Crippen LogP contribution is 2.07. The monoisotopic (exact) mass is 374 g/mol. The molecule has 20 heavy (non-hydrogen) atoms. The van der Waals surface area contributed by atoms with E-state index < -0.39 is 52.0 Å². The Hall–Kier alpha value is -0.280. The molecule has 0 amide bonds. The highest BCUT2D eigenvalue weighted by atomic mass is 32.3. The number of unbranched alkanes of at least 4 members (excludes halogenated alkanes) is 1. The lowest BCUT2D eigenvalue weighted by Crippen LogP contribution is -2.18. The second-order valence-corrected chi connectivity index (χ2v) is 10.7. The Balaban J connectivity index is 4.35. The van der Waals surface area contributed by atoms with Gasteiger partial charge in [-0.05, 0) is 12.8 Å². The van der Waals surface area contributed by atoms with Crippen molar-refractivity contribution in [2.75, 3.05) is 24.0 Å². The van der Waals surface area contributed by atoms with Crippen LogP contribution in [0.2, 0.25) is 0 Å². The van der Waals surface area contributed by atoms with Crippen molar-refractivity contribution in [2.45, 2.75) is 12.8 Å². The average molecular weight is 374 g/mol. The van der Waals surface area contributed by atoms with Gasteiger partial charge in [0.15, 0.2) is 0 Å². The summed E-state index contributed by atoms with van der Waals surface area (Å²) in [6.07, 6.45) is 0.609. The summed E-state index contributed by atoms with van der Waals surface area (Å²) in [4.78, 5) is 0. The van der Waals surface area contributed by atoms with Gasteiger partial charge in [0, 0.05) is 0 Å². The zero-order chi connectivity index (χ0) is 16.2. The van der Waals surface area contributed by atoms with Crippen LogP contribution in [0.15, 0.2) is 0 Å². The van der Waals surface area contributed by atoms with Gasteiger partial charge in [-0.15, -0.1) is 7.26 Å². The van der Waals surface area contributed by atoms with Crippen LogP contribution in [0.25, 0.3) is 0 Å². The van der Waals surface area contributed by atoms with Gasteiger partial charge in [-0.25, -0.2) is 0 Å². The average Bonchev–Trinajstić information content (AvgIpc) is 2.04. The van der Waals surface area contributed by atoms with E-state index in [9.17, 15) is 33.7 Å². The molecule has 0 heterocycles. The van der Waals surface area contributed by atoms with E-state index in [4.69, 9.17) is 0 Å². The molecule has 0 saturated heterocycles. The largest absolute Gasteiger partial charge is 0.281 e. The van der Waals surface area contributed by atoms with E-state index in [0.717, 1.165) is 0 Å². The minimum atomic E-state index is -4.33. The molecule has 10 nitrogen and oxygen atoms in total. The van der Waals surface area contributed by atoms with Crippen LogP contribution in [0.3, 0.4) is 0 Å². The quantitative estimate of drug-likeness (QED) is 0.430. The van der Waals surface area contributed by atoms with Gasteiger partial charge in [0.2, 0.25) is 0 Å². The van der Waals surface area contributed by atoms with E-state index in [0.29, 0.717) is 12.5 Å². The van der Waals surface area contributed by atoms with Crippen molar-refractivity contribution >= 4 is 40.5 Å². The second kappa shape index (κ2) is 6.65. The minimum Gasteiger partial charge on any atom is -0.199 e. The summed E-state index contributed by atoms with van der Waals surface area (Å²) >= 11 is 0. The van der Waals surface area contributed by atoms with Crippen molar-refractivity contribution in [2.24, 2.45) is 0 Å². The molecule has 14 heteroatoms. The molecule has 0 spiro atoms. The molecule has 0 aliphatic carbocycles. The molecule has 0 unspecified atom stereocenters. The fourth-order valence-electron chi connectivity index (χ4n) is 1.00. The van der Waals surface area contributed by atoms with Crippen LogP contribution in [-0.4, -0.2) is 57.7 Å². The van der Waals surface area contributed by atoms with E-state index in [-0.39, 0.29) is 12.8 Å². The molecule has 0 aromatic carbocycles. The normalized spacial score (nSPS) is 14.3. The first-order chi connectivity index (χ1) is 8.62. The van der Waals surface area contributed by atoms with Crippen molar-refractivity contribution in [1.82, 2.24) is 0 Å². The predicted molar refractivity (Wildman–Crippen MR) is 68.7 cm³/mol. The lowest BCUT2D eigenvalue weighted by molar-refractivity contribution is 0.457. The summed E-state index contributed by atoms with van der Waals surface area (Å²) in [6, 6.07) is 0. The fourth-order valence-corrected chi connectivity index (χ4v) is 5.68. The van der Waals surface area contributed by atoms with Crippen molar-refractivity contribution in [3.63, 3.8) is 0 Å². The number of hydrogen-bond donors (Lipinski definition) is 0. The maximum atomic E-state index is 11.1. The molecule has 0 aliphatic heterocycles. The van der Waals surface area contributed by atoms with Crippen LogP contribution >= 0.6 is 0 Å². The highest BCUT2D eigenvalue weighted by molar-refractivity contribution is 8.00. The molecule has 0 aliphatic rings. The molecule has 0 atom stereocenters. The van der Waals surface area contributed by atoms with Gasteiger partial charge < -0.3 is 0 Å². The molecule has 0 fully saturated rings. The van der Waals surface area contributed by atoms with E-state index >= 15 is 0 Å². The van der Waals surface area contributed by atoms with Crippen molar-refractivity contribution < 1.29 is 40.9 Å². The third kappa shape index (κ3) is 11.5. The molecule has 0 aromatic heterocycles. The third-order valence-electron chi connectivity index (χ3n) is 1.49. The first-order valence-corrected chi connectivity index (χ1v) is 11.7. The van der Waals surface area contributed by atoms with Crippen LogP contribution in [0.4, 0.5) is 0 Å². The van der Waals surface area contributed by atoms with Gasteiger partial charge in [0.25, 0.3) is 40.5 Å². The Labute approximate surface area is 118 Å². The Bertz CT molecular complexity index is 658. The zero-order valence-electron chi connectivity index (χ0n) is 10.5. The first-order valence-electron chi connectivity index (χ1n) is 4.89. The van der Waals surface area contributed by atoms with Gasteiger partial charge >= 0.3 is 0 Å². The van der Waals surface area contributed by atoms with Crippen LogP contribution < -0.4 is 0 Å². The Morgan fingerprint density at radius 3 is 1.05 bits per heavy atom. The van der Waals surface area contributed by atoms with Crippen LogP contribution in [0.5, 0.6) is 0 Å². The van der Waals surface area contributed by atoms with E-state index in [1.165, 1.54) is 0 Å². The Morgan fingerprint density at radius 1 is 0.600 bits per heavy atom. The smallest absolute Gasteiger partial charge is 0.199 e. The maximum Gasteiger partial charge on any atom is 0.281 e. The predicted octanol–water partition coefficient (Wildman–Crippen LogP) is -1.62. The van der Waals surface area contributed by atoms with Gasteiger partial charge in [-0.3, -0.25) is 0 Å². The number of hydrogen-bond acceptors (Lipinski definition) is 10. The van der Waals surface area contributed by atoms with Crippen molar-refractivity contribution in [3.05, 3.63) is 0 Å². The highest BCUT2D eigenvalue weighted by Gasteiger charge is 2.21. The molecule has 0 N–H and O–H groups in total. The summed E-state index contributed by atoms with van der Waals surface area (Å²) in [5.41, 5.74) is 0. The minimum absolute atomic E-state index is 0.246. The lowest BCUT2D eigenvalue weighted by Gasteiger charge is -2.04. The van der Waals surface area contributed by atoms with Gasteiger partial charge in [0.05, 0.1) is 24.0 Å². The summed E-state index contributed by atoms with van der Waals surface area (Å²) in [5.74, 6) is -1.46. The first kappa shape index (κ1) is 19.7. The van der Waals surface area contributed by atoms with Crippen molar-refractivity contribution in [3.8, 4) is 0 Å². The molecule has 0 rings (SSSR count). The third-order valence-corrected chi connectivity index (χ3v) is 6.71. The standard InChI is InChI=1S/C6H14O10S4/c1-17(7,8)15-19(11,12)5-3-4-6-20(13,14)16-18(2,9)10/h3-6H2,1-2H3. The molecular weight excluding hydrogens is 360 g/mol. The zero-order valence-corrected chi connectivity index (χ0v) is 13.8. The lowest BCUT2D eigenvalue weighted by atomic mass is 10.4. The Kier molecular flexibility index (Phi) is 6.56.